The van der Waals surface area contributed by atoms with Crippen molar-refractivity contribution in [1.29, 1.82) is 0 Å². The van der Waals surface area contributed by atoms with E-state index in [2.05, 4.69) is 5.10 Å². The van der Waals surface area contributed by atoms with E-state index in [0.717, 1.165) is 35.5 Å². The summed E-state index contributed by atoms with van der Waals surface area (Å²) in [6, 6.07) is 10.2. The van der Waals surface area contributed by atoms with Gasteiger partial charge in [-0.3, -0.25) is 14.4 Å². The van der Waals surface area contributed by atoms with Crippen LogP contribution in [-0.2, 0) is 21.2 Å². The minimum atomic E-state index is -2.97. The third-order valence-electron chi connectivity index (χ3n) is 7.11. The number of aryl methyl sites for hydroxylation is 1. The Morgan fingerprint density at radius 2 is 1.79 bits per heavy atom. The van der Waals surface area contributed by atoms with E-state index >= 15 is 0 Å². The van der Waals surface area contributed by atoms with Gasteiger partial charge in [-0.2, -0.15) is 5.10 Å². The van der Waals surface area contributed by atoms with Crippen molar-refractivity contribution < 1.29 is 13.2 Å². The number of carbonyl (C=O) groups is 1. The highest BCUT2D eigenvalue weighted by Crippen LogP contribution is 2.29. The van der Waals surface area contributed by atoms with Crippen molar-refractivity contribution >= 4 is 21.4 Å². The summed E-state index contributed by atoms with van der Waals surface area (Å²) in [5, 5.41) is 4.68. The van der Waals surface area contributed by atoms with Gasteiger partial charge in [-0.15, -0.1) is 0 Å². The van der Waals surface area contributed by atoms with Crippen molar-refractivity contribution in [2.24, 2.45) is 0 Å². The van der Waals surface area contributed by atoms with Gasteiger partial charge in [0.25, 0.3) is 0 Å². The monoisotopic (exact) mass is 472 g/mol. The van der Waals surface area contributed by atoms with E-state index in [0.29, 0.717) is 19.5 Å². The van der Waals surface area contributed by atoms with E-state index in [-0.39, 0.29) is 29.5 Å². The smallest absolute Gasteiger partial charge is 0.241 e. The molecule has 4 rings (SSSR count). The highest BCUT2D eigenvalue weighted by Gasteiger charge is 2.32. The lowest BCUT2D eigenvalue weighted by Crippen LogP contribution is -2.46. The number of nitrogens with zero attached hydrogens (tertiary/aromatic N) is 4. The Bertz CT molecular complexity index is 1070. The summed E-state index contributed by atoms with van der Waals surface area (Å²) in [6.07, 6.45) is 6.32. The van der Waals surface area contributed by atoms with Gasteiger partial charge in [-0.25, -0.2) is 8.42 Å². The molecule has 1 saturated carbocycles. The van der Waals surface area contributed by atoms with Gasteiger partial charge in [0.05, 0.1) is 29.8 Å². The molecular weight excluding hydrogens is 436 g/mol. The summed E-state index contributed by atoms with van der Waals surface area (Å²) < 4.78 is 25.8. The van der Waals surface area contributed by atoms with Gasteiger partial charge in [-0.05, 0) is 52.3 Å². The zero-order chi connectivity index (χ0) is 23.6. The minimum absolute atomic E-state index is 0.0886. The fourth-order valence-corrected chi connectivity index (χ4v) is 7.06. The van der Waals surface area contributed by atoms with Crippen LogP contribution in [0.4, 0.5) is 5.69 Å². The Morgan fingerprint density at radius 1 is 1.09 bits per heavy atom. The van der Waals surface area contributed by atoms with Gasteiger partial charge in [0.2, 0.25) is 5.91 Å². The van der Waals surface area contributed by atoms with Crippen LogP contribution in [0.3, 0.4) is 0 Å². The molecule has 180 valence electrons. The Hall–Kier alpha value is -2.19. The predicted octanol–water partition coefficient (Wildman–Crippen LogP) is 3.66. The third-order valence-corrected chi connectivity index (χ3v) is 8.86. The lowest BCUT2D eigenvalue weighted by molar-refractivity contribution is -0.120. The highest BCUT2D eigenvalue weighted by atomic mass is 32.2. The fourth-order valence-electron chi connectivity index (χ4n) is 5.37. The molecule has 0 spiro atoms. The molecule has 1 saturated heterocycles. The van der Waals surface area contributed by atoms with Crippen molar-refractivity contribution in [1.82, 2.24) is 14.7 Å². The molecule has 7 nitrogen and oxygen atoms in total. The van der Waals surface area contributed by atoms with Crippen LogP contribution >= 0.6 is 0 Å². The first kappa shape index (κ1) is 24.0. The Kier molecular flexibility index (Phi) is 7.24. The van der Waals surface area contributed by atoms with Crippen LogP contribution in [0.5, 0.6) is 0 Å². The van der Waals surface area contributed by atoms with Crippen molar-refractivity contribution in [3.05, 3.63) is 47.3 Å². The lowest BCUT2D eigenvalue weighted by Gasteiger charge is -2.35. The van der Waals surface area contributed by atoms with Crippen LogP contribution in [0.1, 0.15) is 61.5 Å². The molecule has 1 aliphatic carbocycles. The maximum Gasteiger partial charge on any atom is 0.241 e. The van der Waals surface area contributed by atoms with Gasteiger partial charge < -0.3 is 4.90 Å². The van der Waals surface area contributed by atoms with E-state index in [9.17, 15) is 13.2 Å². The maximum atomic E-state index is 13.5. The van der Waals surface area contributed by atoms with E-state index < -0.39 is 9.84 Å². The molecule has 1 aliphatic heterocycles. The minimum Gasteiger partial charge on any atom is -0.308 e. The quantitative estimate of drug-likeness (QED) is 0.615. The summed E-state index contributed by atoms with van der Waals surface area (Å²) in [5.74, 6) is 0.520. The topological polar surface area (TPSA) is 75.5 Å². The van der Waals surface area contributed by atoms with Crippen LogP contribution in [0.25, 0.3) is 0 Å². The number of anilines is 1. The first-order valence-electron chi connectivity index (χ1n) is 12.1. The summed E-state index contributed by atoms with van der Waals surface area (Å²) in [6.45, 7) is 4.91. The average molecular weight is 473 g/mol. The standard InChI is InChI=1S/C25H36N4O3S/c1-19-24(20(2)29(26-19)23-14-15-33(31,32)18-23)16-27(3)17-25(30)28(21-10-6-4-7-11-21)22-12-8-5-9-13-22/h4,6-7,10-11,22-23H,5,8-9,12-18H2,1-3H3/t23-/m0/s1. The molecular formula is C25H36N4O3S. The van der Waals surface area contributed by atoms with Crippen LogP contribution in [0.15, 0.2) is 30.3 Å². The molecule has 8 heteroatoms. The Balaban J connectivity index is 1.47. The highest BCUT2D eigenvalue weighted by molar-refractivity contribution is 7.91. The SMILES string of the molecule is Cc1nn([C@H]2CCS(=O)(=O)C2)c(C)c1CN(C)CC(=O)N(c1ccccc1)C1CCCCC1. The van der Waals surface area contributed by atoms with Crippen molar-refractivity contribution in [3.63, 3.8) is 0 Å². The van der Waals surface area contributed by atoms with Crippen molar-refractivity contribution in [2.75, 3.05) is 30.0 Å². The average Bonchev–Trinajstić information content (AvgIpc) is 3.28. The van der Waals surface area contributed by atoms with E-state index in [1.165, 1.54) is 19.3 Å². The summed E-state index contributed by atoms with van der Waals surface area (Å²) in [7, 11) is -1.00. The number of likely N-dealkylation sites (N-methyl/N-ethyl adjacent to an activating group) is 1. The van der Waals surface area contributed by atoms with E-state index in [4.69, 9.17) is 0 Å². The maximum absolute atomic E-state index is 13.5. The Labute approximate surface area is 197 Å². The number of para-hydroxylation sites is 1. The number of sulfone groups is 1. The molecule has 2 aliphatic rings. The first-order chi connectivity index (χ1) is 15.7. The first-order valence-corrected chi connectivity index (χ1v) is 13.9. The van der Waals surface area contributed by atoms with Gasteiger partial charge in [0.1, 0.15) is 0 Å². The van der Waals surface area contributed by atoms with Gasteiger partial charge in [0.15, 0.2) is 9.84 Å². The fraction of sp³-hybridized carbons (Fsp3) is 0.600. The van der Waals surface area contributed by atoms with Crippen molar-refractivity contribution in [3.8, 4) is 0 Å². The van der Waals surface area contributed by atoms with E-state index in [1.807, 2.05) is 65.7 Å². The second-order valence-electron chi connectivity index (χ2n) is 9.71. The summed E-state index contributed by atoms with van der Waals surface area (Å²) in [5.41, 5.74) is 3.97. The largest absolute Gasteiger partial charge is 0.308 e. The number of benzene rings is 1. The number of hydrogen-bond donors (Lipinski definition) is 0. The number of aromatic nitrogens is 2. The molecule has 0 N–H and O–H groups in total. The molecule has 1 amide bonds. The second kappa shape index (κ2) is 9.97. The molecule has 1 aromatic carbocycles. The molecule has 2 heterocycles. The second-order valence-corrected chi connectivity index (χ2v) is 11.9. The summed E-state index contributed by atoms with van der Waals surface area (Å²) >= 11 is 0. The van der Waals surface area contributed by atoms with Crippen LogP contribution in [0, 0.1) is 13.8 Å². The molecule has 0 unspecified atom stereocenters. The van der Waals surface area contributed by atoms with Gasteiger partial charge in [-0.1, -0.05) is 37.5 Å². The van der Waals surface area contributed by atoms with Crippen LogP contribution in [-0.4, -0.2) is 60.1 Å². The number of amides is 1. The zero-order valence-corrected chi connectivity index (χ0v) is 20.9. The van der Waals surface area contributed by atoms with Crippen LogP contribution in [0.2, 0.25) is 0 Å². The molecule has 0 bridgehead atoms. The Morgan fingerprint density at radius 3 is 2.42 bits per heavy atom. The van der Waals surface area contributed by atoms with E-state index in [1.54, 1.807) is 0 Å². The molecule has 1 atom stereocenters. The molecule has 33 heavy (non-hydrogen) atoms. The molecule has 2 fully saturated rings. The number of carbonyl (C=O) groups excluding carboxylic acids is 1. The molecule has 2 aromatic rings. The molecule has 0 radical (unpaired) electrons. The molecule has 1 aromatic heterocycles. The predicted molar refractivity (Wildman–Crippen MR) is 131 cm³/mol. The summed E-state index contributed by atoms with van der Waals surface area (Å²) in [4.78, 5) is 17.6. The third kappa shape index (κ3) is 5.49. The van der Waals surface area contributed by atoms with Gasteiger partial charge >= 0.3 is 0 Å². The number of rotatable bonds is 7. The van der Waals surface area contributed by atoms with Gasteiger partial charge in [0, 0.05) is 29.5 Å². The zero-order valence-electron chi connectivity index (χ0n) is 20.0. The lowest BCUT2D eigenvalue weighted by atomic mass is 9.93. The number of hydrogen-bond acceptors (Lipinski definition) is 5. The van der Waals surface area contributed by atoms with Crippen LogP contribution < -0.4 is 4.90 Å². The normalized spacial score (nSPS) is 20.9. The van der Waals surface area contributed by atoms with Crippen molar-refractivity contribution in [2.45, 2.75) is 71.0 Å².